The van der Waals surface area contributed by atoms with Gasteiger partial charge in [0.25, 0.3) is 0 Å². The summed E-state index contributed by atoms with van der Waals surface area (Å²) < 4.78 is 5.67. The van der Waals surface area contributed by atoms with Crippen molar-refractivity contribution in [2.75, 3.05) is 41.8 Å². The lowest BCUT2D eigenvalue weighted by Gasteiger charge is -2.32. The third kappa shape index (κ3) is 4.02. The summed E-state index contributed by atoms with van der Waals surface area (Å²) in [4.78, 5) is 24.7. The van der Waals surface area contributed by atoms with Gasteiger partial charge in [-0.2, -0.15) is 4.98 Å². The Morgan fingerprint density at radius 3 is 2.62 bits per heavy atom. The number of hydrogen-bond donors (Lipinski definition) is 2. The molecule has 152 valence electrons. The van der Waals surface area contributed by atoms with Crippen LogP contribution in [0.25, 0.3) is 11.1 Å². The maximum Gasteiger partial charge on any atom is 0.229 e. The van der Waals surface area contributed by atoms with Crippen molar-refractivity contribution in [1.29, 1.82) is 0 Å². The lowest BCUT2D eigenvalue weighted by Crippen LogP contribution is -2.36. The first-order valence-corrected chi connectivity index (χ1v) is 9.87. The van der Waals surface area contributed by atoms with Crippen LogP contribution in [0.3, 0.4) is 0 Å². The summed E-state index contributed by atoms with van der Waals surface area (Å²) in [5, 5.41) is 3.27. The SMILES string of the molecule is CC(=O)N(C)c1ccc(Nc2nc(N3CCC(CN)CC3)c3occc3n2)cc1. The van der Waals surface area contributed by atoms with Gasteiger partial charge in [0.15, 0.2) is 11.4 Å². The lowest BCUT2D eigenvalue weighted by atomic mass is 9.97. The van der Waals surface area contributed by atoms with E-state index in [0.29, 0.717) is 17.4 Å². The first kappa shape index (κ1) is 19.2. The van der Waals surface area contributed by atoms with E-state index in [0.717, 1.165) is 55.2 Å². The molecule has 8 heteroatoms. The molecule has 0 aliphatic carbocycles. The quantitative estimate of drug-likeness (QED) is 0.686. The summed E-state index contributed by atoms with van der Waals surface area (Å²) in [5.74, 6) is 1.89. The fourth-order valence-electron chi connectivity index (χ4n) is 3.58. The molecule has 3 aromatic rings. The third-order valence-corrected chi connectivity index (χ3v) is 5.52. The normalized spacial score (nSPS) is 14.9. The first-order chi connectivity index (χ1) is 14.0. The highest BCUT2D eigenvalue weighted by Crippen LogP contribution is 2.30. The van der Waals surface area contributed by atoms with Crippen molar-refractivity contribution in [2.45, 2.75) is 19.8 Å². The molecule has 3 N–H and O–H groups in total. The molecule has 0 saturated carbocycles. The number of nitrogens with zero attached hydrogens (tertiary/aromatic N) is 4. The van der Waals surface area contributed by atoms with Crippen molar-refractivity contribution < 1.29 is 9.21 Å². The molecular weight excluding hydrogens is 368 g/mol. The Kier molecular flexibility index (Phi) is 5.35. The Balaban J connectivity index is 1.58. The number of rotatable bonds is 5. The standard InChI is InChI=1S/C21H26N6O2/c1-14(28)26(2)17-5-3-16(4-6-17)23-21-24-18-9-12-29-19(18)20(25-21)27-10-7-15(13-22)8-11-27/h3-6,9,12,15H,7-8,10-11,13,22H2,1-2H3,(H,23,24,25). The van der Waals surface area contributed by atoms with Crippen LogP contribution in [0.15, 0.2) is 41.0 Å². The van der Waals surface area contributed by atoms with Gasteiger partial charge in [0.1, 0.15) is 5.52 Å². The van der Waals surface area contributed by atoms with Crippen LogP contribution in [0.4, 0.5) is 23.1 Å². The van der Waals surface area contributed by atoms with E-state index < -0.39 is 0 Å². The molecule has 1 saturated heterocycles. The van der Waals surface area contributed by atoms with E-state index in [-0.39, 0.29) is 5.91 Å². The molecule has 0 bridgehead atoms. The van der Waals surface area contributed by atoms with Gasteiger partial charge in [-0.15, -0.1) is 0 Å². The third-order valence-electron chi connectivity index (χ3n) is 5.52. The van der Waals surface area contributed by atoms with Crippen LogP contribution < -0.4 is 20.9 Å². The average molecular weight is 394 g/mol. The van der Waals surface area contributed by atoms with E-state index in [1.54, 1.807) is 18.2 Å². The van der Waals surface area contributed by atoms with E-state index in [2.05, 4.69) is 15.2 Å². The van der Waals surface area contributed by atoms with Crippen LogP contribution >= 0.6 is 0 Å². The Bertz CT molecular complexity index is 992. The molecule has 4 rings (SSSR count). The maximum absolute atomic E-state index is 11.5. The Hall–Kier alpha value is -3.13. The smallest absolute Gasteiger partial charge is 0.229 e. The summed E-state index contributed by atoms with van der Waals surface area (Å²) >= 11 is 0. The summed E-state index contributed by atoms with van der Waals surface area (Å²) in [7, 11) is 1.75. The fraction of sp³-hybridized carbons (Fsp3) is 0.381. The molecule has 3 heterocycles. The Morgan fingerprint density at radius 1 is 1.24 bits per heavy atom. The zero-order chi connectivity index (χ0) is 20.4. The summed E-state index contributed by atoms with van der Waals surface area (Å²) in [6, 6.07) is 9.44. The number of piperidine rings is 1. The van der Waals surface area contributed by atoms with E-state index in [1.807, 2.05) is 30.3 Å². The fourth-order valence-corrected chi connectivity index (χ4v) is 3.58. The molecule has 0 spiro atoms. The van der Waals surface area contributed by atoms with Crippen molar-refractivity contribution in [1.82, 2.24) is 9.97 Å². The topological polar surface area (TPSA) is 101 Å². The van der Waals surface area contributed by atoms with Gasteiger partial charge in [-0.25, -0.2) is 4.98 Å². The van der Waals surface area contributed by atoms with Crippen LogP contribution in [0.2, 0.25) is 0 Å². The van der Waals surface area contributed by atoms with Crippen LogP contribution in [-0.2, 0) is 4.79 Å². The minimum Gasteiger partial charge on any atom is -0.459 e. The number of amides is 1. The summed E-state index contributed by atoms with van der Waals surface area (Å²) in [5.41, 5.74) is 8.98. The van der Waals surface area contributed by atoms with Crippen LogP contribution in [-0.4, -0.2) is 42.6 Å². The second kappa shape index (κ2) is 8.08. The van der Waals surface area contributed by atoms with Gasteiger partial charge in [0.05, 0.1) is 6.26 Å². The number of benzene rings is 1. The second-order valence-corrected chi connectivity index (χ2v) is 7.42. The molecule has 1 amide bonds. The maximum atomic E-state index is 11.5. The van der Waals surface area contributed by atoms with Gasteiger partial charge in [0.2, 0.25) is 11.9 Å². The van der Waals surface area contributed by atoms with Gasteiger partial charge < -0.3 is 25.3 Å². The van der Waals surface area contributed by atoms with Crippen molar-refractivity contribution in [3.05, 3.63) is 36.6 Å². The highest BCUT2D eigenvalue weighted by atomic mass is 16.3. The molecule has 1 aromatic carbocycles. The minimum atomic E-state index is -0.0116. The predicted molar refractivity (Wildman–Crippen MR) is 115 cm³/mol. The largest absolute Gasteiger partial charge is 0.459 e. The second-order valence-electron chi connectivity index (χ2n) is 7.42. The Morgan fingerprint density at radius 2 is 1.97 bits per heavy atom. The summed E-state index contributed by atoms with van der Waals surface area (Å²) in [6.07, 6.45) is 3.75. The van der Waals surface area contributed by atoms with E-state index in [9.17, 15) is 4.79 Å². The van der Waals surface area contributed by atoms with Gasteiger partial charge in [0, 0.05) is 44.5 Å². The van der Waals surface area contributed by atoms with Crippen molar-refractivity contribution in [3.8, 4) is 0 Å². The van der Waals surface area contributed by atoms with E-state index in [1.165, 1.54) is 6.92 Å². The average Bonchev–Trinajstić information content (AvgIpc) is 3.22. The number of hydrogen-bond acceptors (Lipinski definition) is 7. The molecule has 29 heavy (non-hydrogen) atoms. The lowest BCUT2D eigenvalue weighted by molar-refractivity contribution is -0.116. The van der Waals surface area contributed by atoms with Gasteiger partial charge in [-0.05, 0) is 49.6 Å². The van der Waals surface area contributed by atoms with Crippen molar-refractivity contribution in [2.24, 2.45) is 11.7 Å². The zero-order valence-corrected chi connectivity index (χ0v) is 16.8. The molecule has 1 fully saturated rings. The van der Waals surface area contributed by atoms with Gasteiger partial charge in [-0.1, -0.05) is 0 Å². The number of carbonyl (C=O) groups excluding carboxylic acids is 1. The molecule has 0 radical (unpaired) electrons. The van der Waals surface area contributed by atoms with Gasteiger partial charge >= 0.3 is 0 Å². The van der Waals surface area contributed by atoms with Crippen molar-refractivity contribution in [3.63, 3.8) is 0 Å². The molecule has 0 atom stereocenters. The van der Waals surface area contributed by atoms with Crippen LogP contribution in [0.5, 0.6) is 0 Å². The van der Waals surface area contributed by atoms with Gasteiger partial charge in [-0.3, -0.25) is 4.79 Å². The number of aromatic nitrogens is 2. The first-order valence-electron chi connectivity index (χ1n) is 9.87. The molecule has 0 unspecified atom stereocenters. The minimum absolute atomic E-state index is 0.0116. The molecule has 8 nitrogen and oxygen atoms in total. The number of fused-ring (bicyclic) bond motifs is 1. The molecule has 1 aliphatic heterocycles. The number of nitrogens with two attached hydrogens (primary N) is 1. The highest BCUT2D eigenvalue weighted by Gasteiger charge is 2.23. The Labute approximate surface area is 169 Å². The van der Waals surface area contributed by atoms with Crippen molar-refractivity contribution >= 4 is 40.1 Å². The predicted octanol–water partition coefficient (Wildman–Crippen LogP) is 3.12. The summed E-state index contributed by atoms with van der Waals surface area (Å²) in [6.45, 7) is 4.08. The number of nitrogens with one attached hydrogen (secondary N) is 1. The molecule has 1 aliphatic rings. The highest BCUT2D eigenvalue weighted by molar-refractivity contribution is 5.91. The van der Waals surface area contributed by atoms with E-state index >= 15 is 0 Å². The zero-order valence-electron chi connectivity index (χ0n) is 16.8. The number of carbonyl (C=O) groups is 1. The van der Waals surface area contributed by atoms with Crippen LogP contribution in [0.1, 0.15) is 19.8 Å². The monoisotopic (exact) mass is 394 g/mol. The number of furan rings is 1. The van der Waals surface area contributed by atoms with Crippen LogP contribution in [0, 0.1) is 5.92 Å². The molecular formula is C21H26N6O2. The number of anilines is 4. The molecule has 2 aromatic heterocycles. The van der Waals surface area contributed by atoms with E-state index in [4.69, 9.17) is 15.1 Å².